The highest BCUT2D eigenvalue weighted by molar-refractivity contribution is 5.66. The highest BCUT2D eigenvalue weighted by Gasteiger charge is 1.96. The fourth-order valence-corrected chi connectivity index (χ4v) is 1.35. The van der Waals surface area contributed by atoms with Crippen molar-refractivity contribution in [3.63, 3.8) is 0 Å². The van der Waals surface area contributed by atoms with E-state index >= 15 is 0 Å². The van der Waals surface area contributed by atoms with Gasteiger partial charge in [-0.05, 0) is 13.3 Å². The van der Waals surface area contributed by atoms with Crippen molar-refractivity contribution in [1.29, 1.82) is 0 Å². The van der Waals surface area contributed by atoms with Crippen LogP contribution in [0.25, 0.3) is 0 Å². The number of hydrogen-bond acceptors (Lipinski definition) is 6. The second-order valence-corrected chi connectivity index (χ2v) is 4.14. The lowest BCUT2D eigenvalue weighted by Gasteiger charge is -2.07. The summed E-state index contributed by atoms with van der Waals surface area (Å²) < 4.78 is 26.2. The van der Waals surface area contributed by atoms with Gasteiger partial charge < -0.3 is 28.8 Å². The Morgan fingerprint density at radius 1 is 0.714 bits per heavy atom. The van der Waals surface area contributed by atoms with Crippen molar-refractivity contribution >= 4 is 5.97 Å². The average molecular weight is 308 g/mol. The quantitative estimate of drug-likeness (QED) is 0.401. The van der Waals surface area contributed by atoms with Crippen LogP contribution in [0.5, 0.6) is 0 Å². The van der Waals surface area contributed by atoms with E-state index in [-0.39, 0.29) is 6.42 Å². The summed E-state index contributed by atoms with van der Waals surface area (Å²) in [6.07, 6.45) is 0.670. The molecule has 0 amide bonds. The van der Waals surface area contributed by atoms with Gasteiger partial charge in [0.1, 0.15) is 0 Å². The number of carbonyl (C=O) groups is 1. The fourth-order valence-electron chi connectivity index (χ4n) is 1.35. The maximum atomic E-state index is 10.2. The molecule has 0 spiro atoms. The van der Waals surface area contributed by atoms with Gasteiger partial charge in [0, 0.05) is 19.6 Å². The summed E-state index contributed by atoms with van der Waals surface area (Å²) in [5.41, 5.74) is 0. The van der Waals surface area contributed by atoms with E-state index in [1.807, 2.05) is 6.92 Å². The predicted molar refractivity (Wildman–Crippen MR) is 76.6 cm³/mol. The Morgan fingerprint density at radius 3 is 1.48 bits per heavy atom. The first-order chi connectivity index (χ1) is 10.3. The van der Waals surface area contributed by atoms with Crippen LogP contribution >= 0.6 is 0 Å². The third kappa shape index (κ3) is 19.3. The molecule has 7 heteroatoms. The summed E-state index contributed by atoms with van der Waals surface area (Å²) >= 11 is 0. The summed E-state index contributed by atoms with van der Waals surface area (Å²) in [5.74, 6) is -0.797. The van der Waals surface area contributed by atoms with Crippen molar-refractivity contribution < 1.29 is 33.6 Å². The first-order valence-corrected chi connectivity index (χ1v) is 7.38. The molecular formula is C14H28O7. The molecule has 0 bridgehead atoms. The molecule has 0 rings (SSSR count). The number of ether oxygens (including phenoxy) is 5. The SMILES string of the molecule is CCOCCOCCOCCOCCOCCCC(=O)O. The molecule has 0 heterocycles. The van der Waals surface area contributed by atoms with Gasteiger partial charge in [0.25, 0.3) is 0 Å². The topological polar surface area (TPSA) is 83.5 Å². The summed E-state index contributed by atoms with van der Waals surface area (Å²) in [4.78, 5) is 10.2. The van der Waals surface area contributed by atoms with E-state index in [1.54, 1.807) is 0 Å². The van der Waals surface area contributed by atoms with Gasteiger partial charge >= 0.3 is 5.97 Å². The molecule has 0 aliphatic rings. The molecule has 0 saturated heterocycles. The van der Waals surface area contributed by atoms with E-state index in [2.05, 4.69) is 0 Å². The van der Waals surface area contributed by atoms with Crippen LogP contribution in [-0.2, 0) is 28.5 Å². The Labute approximate surface area is 126 Å². The first-order valence-electron chi connectivity index (χ1n) is 7.38. The molecule has 7 nitrogen and oxygen atoms in total. The monoisotopic (exact) mass is 308 g/mol. The molecule has 0 aliphatic heterocycles. The van der Waals surface area contributed by atoms with Crippen LogP contribution in [0.3, 0.4) is 0 Å². The van der Waals surface area contributed by atoms with Crippen LogP contribution < -0.4 is 0 Å². The van der Waals surface area contributed by atoms with Crippen molar-refractivity contribution in [2.75, 3.05) is 66.1 Å². The molecule has 0 unspecified atom stereocenters. The largest absolute Gasteiger partial charge is 0.481 e. The molecule has 0 radical (unpaired) electrons. The van der Waals surface area contributed by atoms with Crippen LogP contribution in [0.1, 0.15) is 19.8 Å². The van der Waals surface area contributed by atoms with Crippen molar-refractivity contribution in [3.05, 3.63) is 0 Å². The second kappa shape index (κ2) is 17.3. The minimum absolute atomic E-state index is 0.140. The van der Waals surface area contributed by atoms with Gasteiger partial charge in [0.15, 0.2) is 0 Å². The normalized spacial score (nSPS) is 10.9. The summed E-state index contributed by atoms with van der Waals surface area (Å²) in [6.45, 7) is 7.41. The summed E-state index contributed by atoms with van der Waals surface area (Å²) in [5, 5.41) is 8.42. The maximum absolute atomic E-state index is 10.2. The Morgan fingerprint density at radius 2 is 1.10 bits per heavy atom. The first kappa shape index (κ1) is 20.3. The maximum Gasteiger partial charge on any atom is 0.303 e. The highest BCUT2D eigenvalue weighted by atomic mass is 16.6. The van der Waals surface area contributed by atoms with Crippen LogP contribution in [0.2, 0.25) is 0 Å². The van der Waals surface area contributed by atoms with Crippen molar-refractivity contribution in [3.8, 4) is 0 Å². The van der Waals surface area contributed by atoms with Crippen LogP contribution in [0, 0.1) is 0 Å². The van der Waals surface area contributed by atoms with Gasteiger partial charge in [-0.2, -0.15) is 0 Å². The molecule has 0 aromatic rings. The third-order valence-corrected chi connectivity index (χ3v) is 2.37. The lowest BCUT2D eigenvalue weighted by Crippen LogP contribution is -2.13. The van der Waals surface area contributed by atoms with Gasteiger partial charge in [-0.1, -0.05) is 0 Å². The summed E-state index contributed by atoms with van der Waals surface area (Å²) in [7, 11) is 0. The molecule has 126 valence electrons. The van der Waals surface area contributed by atoms with Crippen LogP contribution in [0.4, 0.5) is 0 Å². The minimum atomic E-state index is -0.797. The number of carboxylic acids is 1. The van der Waals surface area contributed by atoms with E-state index in [0.717, 1.165) is 0 Å². The molecule has 21 heavy (non-hydrogen) atoms. The zero-order chi connectivity index (χ0) is 15.6. The fraction of sp³-hybridized carbons (Fsp3) is 0.929. The molecule has 0 fully saturated rings. The number of rotatable bonds is 17. The molecule has 0 atom stereocenters. The van der Waals surface area contributed by atoms with E-state index in [1.165, 1.54) is 0 Å². The molecule has 1 N–H and O–H groups in total. The Hall–Kier alpha value is -0.730. The van der Waals surface area contributed by atoms with E-state index in [9.17, 15) is 4.79 Å². The van der Waals surface area contributed by atoms with E-state index < -0.39 is 5.97 Å². The van der Waals surface area contributed by atoms with Crippen LogP contribution in [-0.4, -0.2) is 77.1 Å². The predicted octanol–water partition coefficient (Wildman–Crippen LogP) is 0.954. The van der Waals surface area contributed by atoms with Crippen molar-refractivity contribution in [1.82, 2.24) is 0 Å². The van der Waals surface area contributed by atoms with Gasteiger partial charge in [-0.3, -0.25) is 4.79 Å². The molecule has 0 aromatic heterocycles. The number of hydrogen-bond donors (Lipinski definition) is 1. The van der Waals surface area contributed by atoms with Crippen LogP contribution in [0.15, 0.2) is 0 Å². The Balaban J connectivity index is 2.95. The zero-order valence-electron chi connectivity index (χ0n) is 12.9. The highest BCUT2D eigenvalue weighted by Crippen LogP contribution is 1.90. The van der Waals surface area contributed by atoms with E-state index in [4.69, 9.17) is 28.8 Å². The van der Waals surface area contributed by atoms with Gasteiger partial charge in [0.05, 0.1) is 52.9 Å². The number of carboxylic acid groups (broad SMARTS) is 1. The second-order valence-electron chi connectivity index (χ2n) is 4.14. The minimum Gasteiger partial charge on any atom is -0.481 e. The lowest BCUT2D eigenvalue weighted by atomic mass is 10.3. The van der Waals surface area contributed by atoms with Gasteiger partial charge in [-0.15, -0.1) is 0 Å². The Bertz CT molecular complexity index is 223. The molecule has 0 aromatic carbocycles. The molecule has 0 saturated carbocycles. The standard InChI is InChI=1S/C14H28O7/c1-2-17-6-7-19-10-11-21-13-12-20-9-8-18-5-3-4-14(15)16/h2-13H2,1H3,(H,15,16). The number of aliphatic carboxylic acids is 1. The van der Waals surface area contributed by atoms with Crippen molar-refractivity contribution in [2.24, 2.45) is 0 Å². The average Bonchev–Trinajstić information content (AvgIpc) is 2.46. The summed E-state index contributed by atoms with van der Waals surface area (Å²) in [6, 6.07) is 0. The van der Waals surface area contributed by atoms with Crippen molar-refractivity contribution in [2.45, 2.75) is 19.8 Å². The van der Waals surface area contributed by atoms with Gasteiger partial charge in [-0.25, -0.2) is 0 Å². The molecule has 0 aliphatic carbocycles. The Kier molecular flexibility index (Phi) is 16.7. The van der Waals surface area contributed by atoms with E-state index in [0.29, 0.717) is 72.5 Å². The zero-order valence-corrected chi connectivity index (χ0v) is 12.9. The third-order valence-electron chi connectivity index (χ3n) is 2.37. The smallest absolute Gasteiger partial charge is 0.303 e. The lowest BCUT2D eigenvalue weighted by molar-refractivity contribution is -0.137. The van der Waals surface area contributed by atoms with Gasteiger partial charge in [0.2, 0.25) is 0 Å². The molecular weight excluding hydrogens is 280 g/mol.